The number of esters is 1. The van der Waals surface area contributed by atoms with Crippen LogP contribution in [0, 0.1) is 11.2 Å². The molecule has 1 aliphatic rings. The monoisotopic (exact) mass is 426 g/mol. The molecule has 2 aromatic carbocycles. The van der Waals surface area contributed by atoms with Gasteiger partial charge in [-0.3, -0.25) is 9.59 Å². The number of anilines is 1. The minimum absolute atomic E-state index is 0.337. The van der Waals surface area contributed by atoms with Crippen molar-refractivity contribution < 1.29 is 18.7 Å². The number of benzene rings is 2. The molecule has 0 saturated heterocycles. The molecule has 1 fully saturated rings. The largest absolute Gasteiger partial charge is 0.455 e. The van der Waals surface area contributed by atoms with Crippen LogP contribution in [0.1, 0.15) is 37.1 Å². The zero-order chi connectivity index (χ0) is 21.0. The highest BCUT2D eigenvalue weighted by Gasteiger charge is 2.42. The van der Waals surface area contributed by atoms with Crippen LogP contribution in [-0.2, 0) is 20.7 Å². The van der Waals surface area contributed by atoms with E-state index in [1.165, 1.54) is 24.3 Å². The first-order valence-corrected chi connectivity index (χ1v) is 10.9. The lowest BCUT2D eigenvalue weighted by molar-refractivity contribution is -0.160. The zero-order valence-electron chi connectivity index (χ0n) is 16.5. The number of rotatable bonds is 6. The van der Waals surface area contributed by atoms with E-state index in [0.717, 1.165) is 47.3 Å². The number of amides is 1. The van der Waals surface area contributed by atoms with Crippen molar-refractivity contribution >= 4 is 39.1 Å². The molecule has 0 atom stereocenters. The summed E-state index contributed by atoms with van der Waals surface area (Å²) in [4.78, 5) is 29.9. The lowest BCUT2D eigenvalue weighted by atomic mass is 9.72. The van der Waals surface area contributed by atoms with Crippen molar-refractivity contribution in [3.63, 3.8) is 0 Å². The lowest BCUT2D eigenvalue weighted by Crippen LogP contribution is -2.38. The summed E-state index contributed by atoms with van der Waals surface area (Å²) >= 11 is 1.61. The molecule has 4 rings (SSSR count). The van der Waals surface area contributed by atoms with Crippen LogP contribution in [0.5, 0.6) is 0 Å². The Hall–Kier alpha value is -2.80. The second kappa shape index (κ2) is 8.92. The Balaban J connectivity index is 1.42. The fourth-order valence-corrected chi connectivity index (χ4v) is 5.09. The third kappa shape index (κ3) is 4.67. The van der Waals surface area contributed by atoms with Gasteiger partial charge in [-0.05, 0) is 49.2 Å². The molecule has 1 aliphatic carbocycles. The van der Waals surface area contributed by atoms with E-state index in [-0.39, 0.29) is 18.4 Å². The van der Waals surface area contributed by atoms with Crippen LogP contribution in [0.3, 0.4) is 0 Å². The fourth-order valence-electron chi connectivity index (χ4n) is 3.98. The average molecular weight is 427 g/mol. The molecule has 1 aromatic heterocycles. The summed E-state index contributed by atoms with van der Waals surface area (Å²) in [6.45, 7) is -0.363. The van der Waals surface area contributed by atoms with Gasteiger partial charge < -0.3 is 10.1 Å². The van der Waals surface area contributed by atoms with E-state index < -0.39 is 11.3 Å². The summed E-state index contributed by atoms with van der Waals surface area (Å²) in [7, 11) is 0. The number of para-hydroxylation sites is 1. The van der Waals surface area contributed by atoms with Crippen molar-refractivity contribution in [2.24, 2.45) is 5.41 Å². The van der Waals surface area contributed by atoms with Gasteiger partial charge in [0.25, 0.3) is 5.91 Å². The predicted molar refractivity (Wildman–Crippen MR) is 115 cm³/mol. The molecule has 0 spiro atoms. The Bertz CT molecular complexity index is 1010. The molecule has 156 valence electrons. The molecule has 30 heavy (non-hydrogen) atoms. The Labute approximate surface area is 178 Å². The molecule has 3 aromatic rings. The summed E-state index contributed by atoms with van der Waals surface area (Å²) in [5.41, 5.74) is 0.761. The summed E-state index contributed by atoms with van der Waals surface area (Å²) < 4.78 is 19.5. The SMILES string of the molecule is O=C(COC(=O)C1(Cc2nc3ccccc3s2)CCCCC1)Nc1ccc(F)cc1. The third-order valence-electron chi connectivity index (χ3n) is 5.53. The molecular formula is C23H23FN2O3S. The van der Waals surface area contributed by atoms with Gasteiger partial charge in [-0.25, -0.2) is 9.37 Å². The van der Waals surface area contributed by atoms with Crippen LogP contribution in [-0.4, -0.2) is 23.5 Å². The third-order valence-corrected chi connectivity index (χ3v) is 6.57. The number of halogens is 1. The first kappa shape index (κ1) is 20.5. The van der Waals surface area contributed by atoms with Crippen molar-refractivity contribution in [1.82, 2.24) is 4.98 Å². The fraction of sp³-hybridized carbons (Fsp3) is 0.348. The van der Waals surface area contributed by atoms with Gasteiger partial charge in [0.05, 0.1) is 20.6 Å². The number of thiazole rings is 1. The van der Waals surface area contributed by atoms with Gasteiger partial charge in [-0.2, -0.15) is 0 Å². The summed E-state index contributed by atoms with van der Waals surface area (Å²) in [6, 6.07) is 13.4. The van der Waals surface area contributed by atoms with E-state index >= 15 is 0 Å². The molecule has 7 heteroatoms. The Morgan fingerprint density at radius 2 is 1.80 bits per heavy atom. The number of carbonyl (C=O) groups excluding carboxylic acids is 2. The number of ether oxygens (including phenoxy) is 1. The summed E-state index contributed by atoms with van der Waals surface area (Å²) in [5.74, 6) is -1.16. The minimum Gasteiger partial charge on any atom is -0.455 e. The highest BCUT2D eigenvalue weighted by Crippen LogP contribution is 2.41. The molecule has 1 N–H and O–H groups in total. The van der Waals surface area contributed by atoms with Gasteiger partial charge in [0.1, 0.15) is 5.82 Å². The highest BCUT2D eigenvalue weighted by molar-refractivity contribution is 7.18. The van der Waals surface area contributed by atoms with Crippen LogP contribution in [0.25, 0.3) is 10.2 Å². The first-order valence-electron chi connectivity index (χ1n) is 10.1. The number of fused-ring (bicyclic) bond motifs is 1. The Kier molecular flexibility index (Phi) is 6.08. The maximum atomic E-state index is 13.1. The van der Waals surface area contributed by atoms with Crippen LogP contribution in [0.15, 0.2) is 48.5 Å². The van der Waals surface area contributed by atoms with E-state index in [4.69, 9.17) is 9.72 Å². The second-order valence-electron chi connectivity index (χ2n) is 7.72. The number of hydrogen-bond donors (Lipinski definition) is 1. The van der Waals surface area contributed by atoms with E-state index in [1.807, 2.05) is 24.3 Å². The number of hydrogen-bond acceptors (Lipinski definition) is 5. The van der Waals surface area contributed by atoms with Gasteiger partial charge in [-0.15, -0.1) is 11.3 Å². The van der Waals surface area contributed by atoms with Crippen molar-refractivity contribution in [3.8, 4) is 0 Å². The van der Waals surface area contributed by atoms with Crippen LogP contribution >= 0.6 is 11.3 Å². The molecule has 0 radical (unpaired) electrons. The Morgan fingerprint density at radius 3 is 2.53 bits per heavy atom. The molecule has 1 heterocycles. The molecule has 0 aliphatic heterocycles. The van der Waals surface area contributed by atoms with Crippen LogP contribution < -0.4 is 5.32 Å². The zero-order valence-corrected chi connectivity index (χ0v) is 17.3. The predicted octanol–water partition coefficient (Wildman–Crippen LogP) is 5.11. The standard InChI is InChI=1S/C23H23FN2O3S/c24-16-8-10-17(11-9-16)25-20(27)15-29-22(28)23(12-4-1-5-13-23)14-21-26-18-6-2-3-7-19(18)30-21/h2-3,6-11H,1,4-5,12-15H2,(H,25,27). The van der Waals surface area contributed by atoms with E-state index in [9.17, 15) is 14.0 Å². The second-order valence-corrected chi connectivity index (χ2v) is 8.84. The number of nitrogens with one attached hydrogen (secondary N) is 1. The van der Waals surface area contributed by atoms with Crippen molar-refractivity contribution in [3.05, 3.63) is 59.4 Å². The molecule has 1 saturated carbocycles. The number of carbonyl (C=O) groups is 2. The van der Waals surface area contributed by atoms with Gasteiger partial charge in [0.2, 0.25) is 0 Å². The molecular weight excluding hydrogens is 403 g/mol. The average Bonchev–Trinajstić information content (AvgIpc) is 3.16. The maximum Gasteiger partial charge on any atom is 0.313 e. The van der Waals surface area contributed by atoms with Gasteiger partial charge in [-0.1, -0.05) is 31.4 Å². The minimum atomic E-state index is -0.637. The van der Waals surface area contributed by atoms with E-state index in [1.54, 1.807) is 11.3 Å². The molecule has 1 amide bonds. The summed E-state index contributed by atoms with van der Waals surface area (Å²) in [5, 5.41) is 3.54. The lowest BCUT2D eigenvalue weighted by Gasteiger charge is -2.34. The van der Waals surface area contributed by atoms with Gasteiger partial charge in [0.15, 0.2) is 6.61 Å². The molecule has 0 bridgehead atoms. The van der Waals surface area contributed by atoms with Crippen LogP contribution in [0.4, 0.5) is 10.1 Å². The van der Waals surface area contributed by atoms with Gasteiger partial charge >= 0.3 is 5.97 Å². The van der Waals surface area contributed by atoms with Gasteiger partial charge in [0, 0.05) is 12.1 Å². The van der Waals surface area contributed by atoms with Crippen molar-refractivity contribution in [2.75, 3.05) is 11.9 Å². The number of aromatic nitrogens is 1. The first-order chi connectivity index (χ1) is 14.5. The van der Waals surface area contributed by atoms with E-state index in [0.29, 0.717) is 12.1 Å². The van der Waals surface area contributed by atoms with E-state index in [2.05, 4.69) is 5.32 Å². The smallest absolute Gasteiger partial charge is 0.313 e. The highest BCUT2D eigenvalue weighted by atomic mass is 32.1. The quantitative estimate of drug-likeness (QED) is 0.556. The molecule has 0 unspecified atom stereocenters. The van der Waals surface area contributed by atoms with Crippen molar-refractivity contribution in [1.29, 1.82) is 0 Å². The Morgan fingerprint density at radius 1 is 1.07 bits per heavy atom. The van der Waals surface area contributed by atoms with Crippen LogP contribution in [0.2, 0.25) is 0 Å². The molecule has 5 nitrogen and oxygen atoms in total. The summed E-state index contributed by atoms with van der Waals surface area (Å²) in [6.07, 6.45) is 5.02. The normalized spacial score (nSPS) is 15.6. The number of nitrogens with zero attached hydrogens (tertiary/aromatic N) is 1. The maximum absolute atomic E-state index is 13.1. The topological polar surface area (TPSA) is 68.3 Å². The van der Waals surface area contributed by atoms with Crippen molar-refractivity contribution in [2.45, 2.75) is 38.5 Å².